The number of allylic oxidation sites excluding steroid dienone is 1. The van der Waals surface area contributed by atoms with Crippen LogP contribution in [0.1, 0.15) is 46.6 Å². The maximum Gasteiger partial charge on any atom is 0.0445 e. The Balaban J connectivity index is 3.05. The van der Waals surface area contributed by atoms with Crippen molar-refractivity contribution in [3.05, 3.63) is 49.1 Å². The van der Waals surface area contributed by atoms with Crippen molar-refractivity contribution in [3.63, 3.8) is 0 Å². The molecule has 0 radical (unpaired) electrons. The molecule has 0 aromatic heterocycles. The van der Waals surface area contributed by atoms with Crippen molar-refractivity contribution in [1.29, 1.82) is 0 Å². The number of benzene rings is 1. The van der Waals surface area contributed by atoms with E-state index in [-0.39, 0.29) is 0 Å². The third-order valence-corrected chi connectivity index (χ3v) is 4.08. The summed E-state index contributed by atoms with van der Waals surface area (Å²) < 4.78 is 0. The summed E-state index contributed by atoms with van der Waals surface area (Å²) in [5, 5.41) is 0. The predicted octanol–water partition coefficient (Wildman–Crippen LogP) is 5.54. The standard InChI is InChI=1S/C19H29N/c1-8-15(5)20(16(6)9-2)19-12-10-18(11-13-19)17(7)14(3)4/h8,10-16H,1,7,9H2,2-6H3. The first-order valence-corrected chi connectivity index (χ1v) is 7.62. The molecule has 1 heteroatoms. The first kappa shape index (κ1) is 16.6. The van der Waals surface area contributed by atoms with E-state index in [0.717, 1.165) is 6.42 Å². The smallest absolute Gasteiger partial charge is 0.0445 e. The molecule has 0 aliphatic heterocycles. The third-order valence-electron chi connectivity index (χ3n) is 4.08. The van der Waals surface area contributed by atoms with E-state index in [2.05, 4.69) is 76.9 Å². The second-order valence-corrected chi connectivity index (χ2v) is 5.87. The number of hydrogen-bond donors (Lipinski definition) is 0. The van der Waals surface area contributed by atoms with Crippen LogP contribution < -0.4 is 4.90 Å². The zero-order valence-corrected chi connectivity index (χ0v) is 13.7. The highest BCUT2D eigenvalue weighted by molar-refractivity contribution is 5.67. The summed E-state index contributed by atoms with van der Waals surface area (Å²) in [6.07, 6.45) is 3.13. The Bertz CT molecular complexity index is 441. The summed E-state index contributed by atoms with van der Waals surface area (Å²) in [5.41, 5.74) is 3.69. The van der Waals surface area contributed by atoms with Gasteiger partial charge < -0.3 is 4.90 Å². The molecule has 1 aromatic carbocycles. The minimum Gasteiger partial charge on any atom is -0.363 e. The molecule has 0 amide bonds. The molecular weight excluding hydrogens is 242 g/mol. The van der Waals surface area contributed by atoms with E-state index in [1.165, 1.54) is 16.8 Å². The molecule has 1 nitrogen and oxygen atoms in total. The van der Waals surface area contributed by atoms with E-state index in [1.807, 2.05) is 6.08 Å². The highest BCUT2D eigenvalue weighted by Gasteiger charge is 2.17. The molecule has 0 saturated heterocycles. The van der Waals surface area contributed by atoms with Gasteiger partial charge in [0, 0.05) is 17.8 Å². The van der Waals surface area contributed by atoms with Crippen LogP contribution in [0.3, 0.4) is 0 Å². The summed E-state index contributed by atoms with van der Waals surface area (Å²) in [6, 6.07) is 9.61. The Morgan fingerprint density at radius 2 is 1.70 bits per heavy atom. The monoisotopic (exact) mass is 271 g/mol. The lowest BCUT2D eigenvalue weighted by Gasteiger charge is -2.35. The molecule has 0 fully saturated rings. The Kier molecular flexibility index (Phi) is 6.06. The number of rotatable bonds is 7. The van der Waals surface area contributed by atoms with Gasteiger partial charge in [0.25, 0.3) is 0 Å². The summed E-state index contributed by atoms with van der Waals surface area (Å²) in [4.78, 5) is 2.43. The fourth-order valence-electron chi connectivity index (χ4n) is 2.38. The van der Waals surface area contributed by atoms with Crippen LogP contribution in [0.25, 0.3) is 5.57 Å². The number of hydrogen-bond acceptors (Lipinski definition) is 1. The van der Waals surface area contributed by atoms with Gasteiger partial charge >= 0.3 is 0 Å². The minimum absolute atomic E-state index is 0.337. The Morgan fingerprint density at radius 1 is 1.15 bits per heavy atom. The van der Waals surface area contributed by atoms with Crippen LogP contribution in [0.5, 0.6) is 0 Å². The highest BCUT2D eigenvalue weighted by Crippen LogP contribution is 2.26. The van der Waals surface area contributed by atoms with Gasteiger partial charge in [0.05, 0.1) is 0 Å². The topological polar surface area (TPSA) is 3.24 Å². The molecule has 0 aliphatic rings. The van der Waals surface area contributed by atoms with Crippen LogP contribution in [0, 0.1) is 5.92 Å². The van der Waals surface area contributed by atoms with E-state index in [4.69, 9.17) is 0 Å². The Labute approximate surface area is 125 Å². The lowest BCUT2D eigenvalue weighted by molar-refractivity contribution is 0.586. The fraction of sp³-hybridized carbons (Fsp3) is 0.474. The van der Waals surface area contributed by atoms with Gasteiger partial charge in [-0.2, -0.15) is 0 Å². The molecule has 0 bridgehead atoms. The van der Waals surface area contributed by atoms with Crippen molar-refractivity contribution in [1.82, 2.24) is 0 Å². The Hall–Kier alpha value is -1.50. The summed E-state index contributed by atoms with van der Waals surface area (Å²) in [5.74, 6) is 0.485. The van der Waals surface area contributed by atoms with Crippen molar-refractivity contribution in [3.8, 4) is 0 Å². The number of nitrogens with zero attached hydrogens (tertiary/aromatic N) is 1. The van der Waals surface area contributed by atoms with Crippen LogP contribution in [0.4, 0.5) is 5.69 Å². The van der Waals surface area contributed by atoms with Gasteiger partial charge in [-0.1, -0.05) is 45.6 Å². The van der Waals surface area contributed by atoms with Crippen molar-refractivity contribution in [2.75, 3.05) is 4.90 Å². The third kappa shape index (κ3) is 3.75. The summed E-state index contributed by atoms with van der Waals surface area (Å²) in [7, 11) is 0. The molecular formula is C19H29N. The molecule has 1 aromatic rings. The van der Waals surface area contributed by atoms with Gasteiger partial charge in [0.15, 0.2) is 0 Å². The largest absolute Gasteiger partial charge is 0.363 e. The Morgan fingerprint density at radius 3 is 2.10 bits per heavy atom. The first-order valence-electron chi connectivity index (χ1n) is 7.62. The number of anilines is 1. The fourth-order valence-corrected chi connectivity index (χ4v) is 2.38. The lowest BCUT2D eigenvalue weighted by atomic mass is 9.96. The second kappa shape index (κ2) is 7.33. The van der Waals surface area contributed by atoms with Crippen LogP contribution in [-0.4, -0.2) is 12.1 Å². The normalized spacial score (nSPS) is 13.9. The predicted molar refractivity (Wildman–Crippen MR) is 92.2 cm³/mol. The molecule has 0 spiro atoms. The van der Waals surface area contributed by atoms with Gasteiger partial charge in [0.2, 0.25) is 0 Å². The molecule has 0 N–H and O–H groups in total. The molecule has 0 saturated carbocycles. The minimum atomic E-state index is 0.337. The van der Waals surface area contributed by atoms with E-state index in [9.17, 15) is 0 Å². The van der Waals surface area contributed by atoms with Crippen LogP contribution in [-0.2, 0) is 0 Å². The van der Waals surface area contributed by atoms with Gasteiger partial charge in [-0.25, -0.2) is 0 Å². The quantitative estimate of drug-likeness (QED) is 0.589. The van der Waals surface area contributed by atoms with Crippen molar-refractivity contribution < 1.29 is 0 Å². The van der Waals surface area contributed by atoms with Crippen LogP contribution in [0.15, 0.2) is 43.5 Å². The van der Waals surface area contributed by atoms with E-state index >= 15 is 0 Å². The SMILES string of the molecule is C=CC(C)N(c1ccc(C(=C)C(C)C)cc1)C(C)CC. The average Bonchev–Trinajstić information content (AvgIpc) is 2.46. The summed E-state index contributed by atoms with van der Waals surface area (Å²) >= 11 is 0. The average molecular weight is 271 g/mol. The maximum atomic E-state index is 4.17. The summed E-state index contributed by atoms with van der Waals surface area (Å²) in [6.45, 7) is 19.2. The van der Waals surface area contributed by atoms with Crippen molar-refractivity contribution in [2.24, 2.45) is 5.92 Å². The zero-order valence-electron chi connectivity index (χ0n) is 13.7. The van der Waals surface area contributed by atoms with Crippen molar-refractivity contribution in [2.45, 2.75) is 53.1 Å². The van der Waals surface area contributed by atoms with Crippen LogP contribution >= 0.6 is 0 Å². The molecule has 2 unspecified atom stereocenters. The van der Waals surface area contributed by atoms with Gasteiger partial charge in [-0.3, -0.25) is 0 Å². The van der Waals surface area contributed by atoms with E-state index < -0.39 is 0 Å². The molecule has 0 aliphatic carbocycles. The van der Waals surface area contributed by atoms with Gasteiger partial charge in [-0.15, -0.1) is 6.58 Å². The molecule has 0 heterocycles. The lowest BCUT2D eigenvalue weighted by Crippen LogP contribution is -2.39. The molecule has 2 atom stereocenters. The molecule has 20 heavy (non-hydrogen) atoms. The molecule has 1 rings (SSSR count). The van der Waals surface area contributed by atoms with E-state index in [1.54, 1.807) is 0 Å². The maximum absolute atomic E-state index is 4.17. The van der Waals surface area contributed by atoms with Crippen molar-refractivity contribution >= 4 is 11.3 Å². The molecule has 110 valence electrons. The first-order chi connectivity index (χ1) is 9.42. The second-order valence-electron chi connectivity index (χ2n) is 5.87. The zero-order chi connectivity index (χ0) is 15.3. The van der Waals surface area contributed by atoms with Crippen LogP contribution in [0.2, 0.25) is 0 Å². The van der Waals surface area contributed by atoms with E-state index in [0.29, 0.717) is 18.0 Å². The van der Waals surface area contributed by atoms with Gasteiger partial charge in [-0.05, 0) is 49.5 Å². The van der Waals surface area contributed by atoms with Gasteiger partial charge in [0.1, 0.15) is 0 Å². The highest BCUT2D eigenvalue weighted by atomic mass is 15.2.